The maximum Gasteiger partial charge on any atom is 0.306 e. The molecule has 9 nitrogen and oxygen atoms in total. The van der Waals surface area contributed by atoms with E-state index in [1.807, 2.05) is 0 Å². The van der Waals surface area contributed by atoms with Crippen LogP contribution in [0.25, 0.3) is 0 Å². The molecule has 0 radical (unpaired) electrons. The summed E-state index contributed by atoms with van der Waals surface area (Å²) in [7, 11) is 0. The van der Waals surface area contributed by atoms with Crippen molar-refractivity contribution in [3.8, 4) is 0 Å². The standard InChI is InChI=1S/C40H74O9/c1-3-5-7-9-11-13-14-15-16-17-18-19-20-21-23-25-27-29-36(42)48-34(32-46-30-28-26-24-22-12-10-8-6-4-2)33-47-40-39(45)38(44)37(43)35(31-41)49-40/h11,13,15-16,34-35,37-41,43-45H,3-10,12,14,17-33H2,1-2H3/b13-11-,16-15-. The van der Waals surface area contributed by atoms with Crippen molar-refractivity contribution in [1.82, 2.24) is 0 Å². The molecule has 4 N–H and O–H groups in total. The van der Waals surface area contributed by atoms with Crippen molar-refractivity contribution in [3.05, 3.63) is 24.3 Å². The number of unbranched alkanes of at least 4 members (excludes halogenated alkanes) is 18. The van der Waals surface area contributed by atoms with Crippen LogP contribution in [0.4, 0.5) is 0 Å². The van der Waals surface area contributed by atoms with Crippen molar-refractivity contribution in [2.24, 2.45) is 0 Å². The number of carbonyl (C=O) groups excluding carboxylic acids is 1. The van der Waals surface area contributed by atoms with E-state index in [0.29, 0.717) is 13.0 Å². The minimum Gasteiger partial charge on any atom is -0.457 e. The van der Waals surface area contributed by atoms with E-state index in [0.717, 1.165) is 44.9 Å². The molecule has 0 aromatic carbocycles. The first-order valence-electron chi connectivity index (χ1n) is 19.9. The number of carbonyl (C=O) groups is 1. The first-order valence-corrected chi connectivity index (χ1v) is 19.9. The quantitative estimate of drug-likeness (QED) is 0.0307. The van der Waals surface area contributed by atoms with E-state index < -0.39 is 43.4 Å². The minimum absolute atomic E-state index is 0.114. The minimum atomic E-state index is -1.53. The highest BCUT2D eigenvalue weighted by molar-refractivity contribution is 5.69. The molecule has 1 rings (SSSR count). The molecular formula is C40H74O9. The fourth-order valence-electron chi connectivity index (χ4n) is 5.93. The lowest BCUT2D eigenvalue weighted by Crippen LogP contribution is -2.59. The maximum atomic E-state index is 12.7. The highest BCUT2D eigenvalue weighted by Crippen LogP contribution is 2.22. The van der Waals surface area contributed by atoms with Crippen LogP contribution in [0.1, 0.15) is 162 Å². The summed E-state index contributed by atoms with van der Waals surface area (Å²) in [5, 5.41) is 39.9. The molecule has 1 fully saturated rings. The lowest BCUT2D eigenvalue weighted by Gasteiger charge is -2.39. The second-order valence-corrected chi connectivity index (χ2v) is 13.7. The largest absolute Gasteiger partial charge is 0.457 e. The van der Waals surface area contributed by atoms with E-state index in [9.17, 15) is 25.2 Å². The van der Waals surface area contributed by atoms with E-state index >= 15 is 0 Å². The van der Waals surface area contributed by atoms with Crippen molar-refractivity contribution in [2.75, 3.05) is 26.4 Å². The number of ether oxygens (including phenoxy) is 4. The normalized spacial score (nSPS) is 22.0. The average Bonchev–Trinajstić information content (AvgIpc) is 3.10. The van der Waals surface area contributed by atoms with Crippen LogP contribution in [0.5, 0.6) is 0 Å². The van der Waals surface area contributed by atoms with Crippen LogP contribution >= 0.6 is 0 Å². The van der Waals surface area contributed by atoms with Gasteiger partial charge in [-0.25, -0.2) is 0 Å². The van der Waals surface area contributed by atoms with Crippen LogP contribution in [0.3, 0.4) is 0 Å². The van der Waals surface area contributed by atoms with Crippen molar-refractivity contribution >= 4 is 5.97 Å². The van der Waals surface area contributed by atoms with Crippen LogP contribution < -0.4 is 0 Å². The fraction of sp³-hybridized carbons (Fsp3) is 0.875. The molecule has 0 amide bonds. The molecule has 9 heteroatoms. The molecule has 1 aliphatic heterocycles. The van der Waals surface area contributed by atoms with Gasteiger partial charge in [-0.05, 0) is 44.9 Å². The fourth-order valence-corrected chi connectivity index (χ4v) is 5.93. The number of esters is 1. The predicted molar refractivity (Wildman–Crippen MR) is 196 cm³/mol. The zero-order chi connectivity index (χ0) is 35.8. The van der Waals surface area contributed by atoms with Gasteiger partial charge in [-0.3, -0.25) is 4.79 Å². The van der Waals surface area contributed by atoms with Gasteiger partial charge in [0, 0.05) is 13.0 Å². The Hall–Kier alpha value is -1.33. The molecule has 0 bridgehead atoms. The van der Waals surface area contributed by atoms with Crippen molar-refractivity contribution in [3.63, 3.8) is 0 Å². The lowest BCUT2D eigenvalue weighted by molar-refractivity contribution is -0.305. The summed E-state index contributed by atoms with van der Waals surface area (Å²) in [6.45, 7) is 4.50. The van der Waals surface area contributed by atoms with Gasteiger partial charge >= 0.3 is 5.97 Å². The lowest BCUT2D eigenvalue weighted by atomic mass is 9.99. The zero-order valence-electron chi connectivity index (χ0n) is 31.2. The van der Waals surface area contributed by atoms with Gasteiger partial charge in [0.25, 0.3) is 0 Å². The van der Waals surface area contributed by atoms with Crippen molar-refractivity contribution < 1.29 is 44.2 Å². The average molecular weight is 699 g/mol. The zero-order valence-corrected chi connectivity index (χ0v) is 31.2. The summed E-state index contributed by atoms with van der Waals surface area (Å²) in [4.78, 5) is 12.7. The molecule has 1 saturated heterocycles. The van der Waals surface area contributed by atoms with Crippen LogP contribution in [0, 0.1) is 0 Å². The smallest absolute Gasteiger partial charge is 0.306 e. The molecule has 0 aromatic rings. The third kappa shape index (κ3) is 24.5. The molecule has 0 aromatic heterocycles. The van der Waals surface area contributed by atoms with E-state index in [4.69, 9.17) is 18.9 Å². The second kappa shape index (κ2) is 32.6. The molecule has 6 atom stereocenters. The van der Waals surface area contributed by atoms with Gasteiger partial charge in [0.05, 0.1) is 19.8 Å². The Morgan fingerprint density at radius 2 is 1.18 bits per heavy atom. The molecule has 6 unspecified atom stereocenters. The summed E-state index contributed by atoms with van der Waals surface area (Å²) in [5.41, 5.74) is 0. The number of hydrogen-bond acceptors (Lipinski definition) is 9. The van der Waals surface area contributed by atoms with Gasteiger partial charge in [0.2, 0.25) is 0 Å². The molecular weight excluding hydrogens is 624 g/mol. The molecule has 0 saturated carbocycles. The van der Waals surface area contributed by atoms with Gasteiger partial charge in [-0.15, -0.1) is 0 Å². The number of aliphatic hydroxyl groups is 4. The van der Waals surface area contributed by atoms with Crippen LogP contribution in [-0.2, 0) is 23.7 Å². The van der Waals surface area contributed by atoms with E-state index in [2.05, 4.69) is 38.2 Å². The monoisotopic (exact) mass is 699 g/mol. The maximum absolute atomic E-state index is 12.7. The first-order chi connectivity index (χ1) is 23.9. The third-order valence-corrected chi connectivity index (χ3v) is 9.12. The van der Waals surface area contributed by atoms with Gasteiger partial charge in [-0.1, -0.05) is 134 Å². The summed E-state index contributed by atoms with van der Waals surface area (Å²) < 4.78 is 22.7. The SMILES string of the molecule is CCCCC/C=C\C/C=C\CCCCCCCCCC(=O)OC(COCCCCCCCCCCC)COC1OC(CO)C(O)C(O)C1O. The van der Waals surface area contributed by atoms with Crippen molar-refractivity contribution in [1.29, 1.82) is 0 Å². The molecule has 0 spiro atoms. The Labute approximate surface area is 298 Å². The molecule has 49 heavy (non-hydrogen) atoms. The Morgan fingerprint density at radius 1 is 0.653 bits per heavy atom. The number of aliphatic hydroxyl groups excluding tert-OH is 4. The number of allylic oxidation sites excluding steroid dienone is 4. The second-order valence-electron chi connectivity index (χ2n) is 13.7. The van der Waals surface area contributed by atoms with E-state index in [1.165, 1.54) is 96.3 Å². The number of rotatable bonds is 33. The summed E-state index contributed by atoms with van der Waals surface area (Å²) in [5.74, 6) is -0.323. The van der Waals surface area contributed by atoms with Gasteiger partial charge in [0.15, 0.2) is 6.29 Å². The third-order valence-electron chi connectivity index (χ3n) is 9.12. The Morgan fingerprint density at radius 3 is 1.80 bits per heavy atom. The molecule has 1 aliphatic rings. The summed E-state index contributed by atoms with van der Waals surface area (Å²) in [6, 6.07) is 0. The van der Waals surface area contributed by atoms with Crippen molar-refractivity contribution in [2.45, 2.75) is 198 Å². The highest BCUT2D eigenvalue weighted by atomic mass is 16.7. The molecule has 0 aliphatic carbocycles. The van der Waals surface area contributed by atoms with E-state index in [-0.39, 0.29) is 19.2 Å². The summed E-state index contributed by atoms with van der Waals surface area (Å²) in [6.07, 6.45) is 27.7. The Bertz CT molecular complexity index is 803. The van der Waals surface area contributed by atoms with Gasteiger partial charge < -0.3 is 39.4 Å². The predicted octanol–water partition coefficient (Wildman–Crippen LogP) is 7.86. The Balaban J connectivity index is 2.29. The highest BCUT2D eigenvalue weighted by Gasteiger charge is 2.44. The molecule has 288 valence electrons. The van der Waals surface area contributed by atoms with Gasteiger partial charge in [-0.2, -0.15) is 0 Å². The Kier molecular flexibility index (Phi) is 30.4. The van der Waals surface area contributed by atoms with Crippen LogP contribution in [0.15, 0.2) is 24.3 Å². The van der Waals surface area contributed by atoms with Crippen LogP contribution in [0.2, 0.25) is 0 Å². The summed E-state index contributed by atoms with van der Waals surface area (Å²) >= 11 is 0. The van der Waals surface area contributed by atoms with Gasteiger partial charge in [0.1, 0.15) is 30.5 Å². The molecule has 1 heterocycles. The first kappa shape index (κ1) is 45.7. The number of hydrogen-bond donors (Lipinski definition) is 4. The van der Waals surface area contributed by atoms with Crippen LogP contribution in [-0.4, -0.2) is 89.6 Å². The topological polar surface area (TPSA) is 135 Å². The van der Waals surface area contributed by atoms with E-state index in [1.54, 1.807) is 0 Å².